The molecule has 0 amide bonds. The van der Waals surface area contributed by atoms with E-state index in [0.717, 1.165) is 18.5 Å². The highest BCUT2D eigenvalue weighted by Crippen LogP contribution is 2.50. The maximum atomic E-state index is 4.40. The molecular weight excluding hydrogens is 208 g/mol. The Morgan fingerprint density at radius 1 is 1.00 bits per heavy atom. The van der Waals surface area contributed by atoms with Crippen LogP contribution < -0.4 is 0 Å². The van der Waals surface area contributed by atoms with Gasteiger partial charge in [-0.3, -0.25) is 0 Å². The summed E-state index contributed by atoms with van der Waals surface area (Å²) in [6, 6.07) is 4.15. The molecule has 1 aromatic heterocycles. The largest absolute Gasteiger partial charge is 0.159 e. The average molecular weight is 234 g/mol. The van der Waals surface area contributed by atoms with Gasteiger partial charge in [0.15, 0.2) is 0 Å². The molecular formula is C15H26N2. The second-order valence-electron chi connectivity index (χ2n) is 5.17. The van der Waals surface area contributed by atoms with E-state index in [1.54, 1.807) is 6.20 Å². The van der Waals surface area contributed by atoms with Gasteiger partial charge in [-0.2, -0.15) is 10.2 Å². The van der Waals surface area contributed by atoms with Gasteiger partial charge in [0.1, 0.15) is 0 Å². The fraction of sp³-hybridized carbons (Fsp3) is 0.733. The van der Waals surface area contributed by atoms with Crippen LogP contribution in [0.3, 0.4) is 0 Å². The predicted octanol–water partition coefficient (Wildman–Crippen LogP) is 4.36. The van der Waals surface area contributed by atoms with E-state index in [1.807, 2.05) is 6.07 Å². The summed E-state index contributed by atoms with van der Waals surface area (Å²) in [6.07, 6.45) is 6.37. The molecule has 0 N–H and O–H groups in total. The molecule has 2 nitrogen and oxygen atoms in total. The van der Waals surface area contributed by atoms with Gasteiger partial charge in [-0.05, 0) is 43.2 Å². The second-order valence-corrected chi connectivity index (χ2v) is 5.17. The van der Waals surface area contributed by atoms with Crippen LogP contribution in [0, 0.1) is 5.41 Å². The lowest BCUT2D eigenvalue weighted by molar-refractivity contribution is 0.105. The number of rotatable bonds is 6. The van der Waals surface area contributed by atoms with Crippen LogP contribution in [0.15, 0.2) is 18.3 Å². The average Bonchev–Trinajstić information content (AvgIpc) is 2.41. The lowest BCUT2D eigenvalue weighted by atomic mass is 9.57. The monoisotopic (exact) mass is 234 g/mol. The predicted molar refractivity (Wildman–Crippen MR) is 73.0 cm³/mol. The van der Waals surface area contributed by atoms with Crippen LogP contribution in [0.2, 0.25) is 0 Å². The maximum Gasteiger partial charge on any atom is 0.0697 e. The molecule has 96 valence electrons. The quantitative estimate of drug-likeness (QED) is 0.731. The van der Waals surface area contributed by atoms with Crippen LogP contribution in [0.1, 0.15) is 66.0 Å². The zero-order valence-electron chi connectivity index (χ0n) is 12.0. The first-order valence-corrected chi connectivity index (χ1v) is 6.88. The summed E-state index contributed by atoms with van der Waals surface area (Å²) in [5.41, 5.74) is 1.62. The van der Waals surface area contributed by atoms with Gasteiger partial charge in [-0.25, -0.2) is 0 Å². The van der Waals surface area contributed by atoms with E-state index < -0.39 is 0 Å². The van der Waals surface area contributed by atoms with Gasteiger partial charge >= 0.3 is 0 Å². The molecule has 1 rings (SSSR count). The van der Waals surface area contributed by atoms with Crippen molar-refractivity contribution in [3.8, 4) is 0 Å². The van der Waals surface area contributed by atoms with Crippen molar-refractivity contribution in [3.05, 3.63) is 24.0 Å². The highest BCUT2D eigenvalue weighted by atomic mass is 15.1. The SMILES string of the molecule is CCC(C)(CC)C(CC)(CC)c1cccnn1. The molecule has 0 aliphatic rings. The third-order valence-corrected chi connectivity index (χ3v) is 4.99. The van der Waals surface area contributed by atoms with Crippen molar-refractivity contribution in [3.63, 3.8) is 0 Å². The van der Waals surface area contributed by atoms with Gasteiger partial charge in [-0.15, -0.1) is 0 Å². The van der Waals surface area contributed by atoms with Crippen LogP contribution in [0.4, 0.5) is 0 Å². The van der Waals surface area contributed by atoms with Crippen molar-refractivity contribution in [1.29, 1.82) is 0 Å². The van der Waals surface area contributed by atoms with Gasteiger partial charge in [0.2, 0.25) is 0 Å². The molecule has 1 heterocycles. The minimum absolute atomic E-state index is 0.157. The summed E-state index contributed by atoms with van der Waals surface area (Å²) in [4.78, 5) is 0. The molecule has 17 heavy (non-hydrogen) atoms. The molecule has 1 aromatic rings. The Morgan fingerprint density at radius 2 is 1.59 bits per heavy atom. The van der Waals surface area contributed by atoms with Gasteiger partial charge in [0.05, 0.1) is 5.69 Å². The van der Waals surface area contributed by atoms with Crippen molar-refractivity contribution in [1.82, 2.24) is 10.2 Å². The fourth-order valence-electron chi connectivity index (χ4n) is 3.26. The molecule has 0 fully saturated rings. The maximum absolute atomic E-state index is 4.40. The standard InChI is InChI=1S/C15H26N2/c1-6-14(5,7-2)15(8-3,9-4)13-11-10-12-16-17-13/h10-12H,6-9H2,1-5H3. The molecule has 2 heteroatoms. The molecule has 0 radical (unpaired) electrons. The topological polar surface area (TPSA) is 25.8 Å². The van der Waals surface area contributed by atoms with Gasteiger partial charge < -0.3 is 0 Å². The van der Waals surface area contributed by atoms with Crippen molar-refractivity contribution < 1.29 is 0 Å². The van der Waals surface area contributed by atoms with E-state index >= 15 is 0 Å². The minimum atomic E-state index is 0.157. The highest BCUT2D eigenvalue weighted by Gasteiger charge is 2.45. The van der Waals surface area contributed by atoms with Gasteiger partial charge in [-0.1, -0.05) is 34.6 Å². The van der Waals surface area contributed by atoms with Crippen molar-refractivity contribution >= 4 is 0 Å². The molecule has 0 spiro atoms. The first kappa shape index (κ1) is 14.1. The molecule has 0 aliphatic heterocycles. The molecule has 0 aromatic carbocycles. The van der Waals surface area contributed by atoms with Crippen LogP contribution in [0.25, 0.3) is 0 Å². The zero-order chi connectivity index (χ0) is 12.9. The molecule has 0 saturated carbocycles. The molecule has 0 bridgehead atoms. The Morgan fingerprint density at radius 3 is 1.94 bits per heavy atom. The second kappa shape index (κ2) is 5.61. The van der Waals surface area contributed by atoms with E-state index in [0.29, 0.717) is 5.41 Å². The first-order valence-electron chi connectivity index (χ1n) is 6.88. The molecule has 0 unspecified atom stereocenters. The lowest BCUT2D eigenvalue weighted by Crippen LogP contribution is -2.43. The van der Waals surface area contributed by atoms with Gasteiger partial charge in [0.25, 0.3) is 0 Å². The number of hydrogen-bond donors (Lipinski definition) is 0. The Balaban J connectivity index is 3.32. The van der Waals surface area contributed by atoms with Gasteiger partial charge in [0, 0.05) is 11.6 Å². The van der Waals surface area contributed by atoms with E-state index in [-0.39, 0.29) is 5.41 Å². The summed E-state index contributed by atoms with van der Waals surface area (Å²) < 4.78 is 0. The third kappa shape index (κ3) is 2.22. The third-order valence-electron chi connectivity index (χ3n) is 4.99. The summed E-state index contributed by atoms with van der Waals surface area (Å²) in [5.74, 6) is 0. The number of hydrogen-bond acceptors (Lipinski definition) is 2. The van der Waals surface area contributed by atoms with Crippen LogP contribution in [-0.2, 0) is 5.41 Å². The summed E-state index contributed by atoms with van der Waals surface area (Å²) in [6.45, 7) is 11.5. The zero-order valence-corrected chi connectivity index (χ0v) is 12.0. The Labute approximate surface area is 106 Å². The number of nitrogens with zero attached hydrogens (tertiary/aromatic N) is 2. The van der Waals surface area contributed by atoms with E-state index in [9.17, 15) is 0 Å². The van der Waals surface area contributed by atoms with E-state index in [2.05, 4.69) is 50.9 Å². The lowest BCUT2D eigenvalue weighted by Gasteiger charge is -2.47. The van der Waals surface area contributed by atoms with E-state index in [1.165, 1.54) is 12.8 Å². The summed E-state index contributed by atoms with van der Waals surface area (Å²) in [5, 5.41) is 8.48. The highest BCUT2D eigenvalue weighted by molar-refractivity contribution is 5.19. The first-order chi connectivity index (χ1) is 8.10. The molecule has 0 atom stereocenters. The Bertz CT molecular complexity index is 324. The van der Waals surface area contributed by atoms with E-state index in [4.69, 9.17) is 0 Å². The smallest absolute Gasteiger partial charge is 0.0697 e. The summed E-state index contributed by atoms with van der Waals surface area (Å²) in [7, 11) is 0. The number of aromatic nitrogens is 2. The van der Waals surface area contributed by atoms with Crippen molar-refractivity contribution in [2.24, 2.45) is 5.41 Å². The van der Waals surface area contributed by atoms with Crippen molar-refractivity contribution in [2.45, 2.75) is 65.7 Å². The van der Waals surface area contributed by atoms with Crippen molar-refractivity contribution in [2.75, 3.05) is 0 Å². The molecule has 0 saturated heterocycles. The molecule has 0 aliphatic carbocycles. The normalized spacial score (nSPS) is 12.8. The summed E-state index contributed by atoms with van der Waals surface area (Å²) >= 11 is 0. The Kier molecular flexibility index (Phi) is 4.67. The van der Waals surface area contributed by atoms with Crippen LogP contribution >= 0.6 is 0 Å². The Hall–Kier alpha value is -0.920. The minimum Gasteiger partial charge on any atom is -0.159 e. The van der Waals surface area contributed by atoms with Crippen LogP contribution in [0.5, 0.6) is 0 Å². The fourth-order valence-corrected chi connectivity index (χ4v) is 3.26. The van der Waals surface area contributed by atoms with Crippen LogP contribution in [-0.4, -0.2) is 10.2 Å².